The molecule has 0 aliphatic carbocycles. The minimum Gasteiger partial charge on any atom is -0.395 e. The molecule has 1 aromatic carbocycles. The van der Waals surface area contributed by atoms with Crippen LogP contribution in [0.5, 0.6) is 0 Å². The van der Waals surface area contributed by atoms with Gasteiger partial charge in [0.25, 0.3) is 5.91 Å². The molecular formula is C14H20BrNO2. The van der Waals surface area contributed by atoms with Gasteiger partial charge in [-0.05, 0) is 40.9 Å². The fourth-order valence-electron chi connectivity index (χ4n) is 1.77. The highest BCUT2D eigenvalue weighted by atomic mass is 79.9. The molecule has 0 saturated heterocycles. The lowest BCUT2D eigenvalue weighted by Crippen LogP contribution is -2.34. The molecule has 0 fully saturated rings. The molecule has 0 aromatic heterocycles. The van der Waals surface area contributed by atoms with Gasteiger partial charge < -0.3 is 10.0 Å². The summed E-state index contributed by atoms with van der Waals surface area (Å²) in [6.45, 7) is 5.13. The normalized spacial score (nSPS) is 10.4. The number of hydrogen-bond acceptors (Lipinski definition) is 2. The molecule has 1 amide bonds. The average Bonchev–Trinajstić information content (AvgIpc) is 2.37. The van der Waals surface area contributed by atoms with Gasteiger partial charge in [-0.25, -0.2) is 0 Å². The number of halogens is 1. The molecular weight excluding hydrogens is 294 g/mol. The summed E-state index contributed by atoms with van der Waals surface area (Å²) in [7, 11) is 0. The van der Waals surface area contributed by atoms with E-state index in [4.69, 9.17) is 5.11 Å². The van der Waals surface area contributed by atoms with Crippen molar-refractivity contribution in [3.8, 4) is 0 Å². The molecule has 0 aliphatic heterocycles. The summed E-state index contributed by atoms with van der Waals surface area (Å²) in [5, 5.41) is 9.05. The number of benzene rings is 1. The van der Waals surface area contributed by atoms with Gasteiger partial charge in [0.05, 0.1) is 12.2 Å². The maximum atomic E-state index is 12.4. The predicted octanol–water partition coefficient (Wildman–Crippen LogP) is 2.99. The Morgan fingerprint density at radius 1 is 1.39 bits per heavy atom. The molecule has 0 spiro atoms. The van der Waals surface area contributed by atoms with Crippen LogP contribution in [0, 0.1) is 6.92 Å². The SMILES string of the molecule is CCCCN(CCO)C(=O)c1cccc(C)c1Br. The van der Waals surface area contributed by atoms with Crippen molar-refractivity contribution in [1.82, 2.24) is 4.90 Å². The minimum atomic E-state index is -0.0203. The summed E-state index contributed by atoms with van der Waals surface area (Å²) >= 11 is 3.46. The summed E-state index contributed by atoms with van der Waals surface area (Å²) in [6, 6.07) is 5.66. The highest BCUT2D eigenvalue weighted by molar-refractivity contribution is 9.10. The van der Waals surface area contributed by atoms with Crippen molar-refractivity contribution in [3.05, 3.63) is 33.8 Å². The fraction of sp³-hybridized carbons (Fsp3) is 0.500. The third-order valence-electron chi connectivity index (χ3n) is 2.86. The Morgan fingerprint density at radius 2 is 2.11 bits per heavy atom. The van der Waals surface area contributed by atoms with Gasteiger partial charge in [-0.1, -0.05) is 25.5 Å². The van der Waals surface area contributed by atoms with Crippen LogP contribution in [0.1, 0.15) is 35.7 Å². The number of nitrogens with zero attached hydrogens (tertiary/aromatic N) is 1. The first kappa shape index (κ1) is 15.2. The number of carbonyl (C=O) groups is 1. The fourth-order valence-corrected chi connectivity index (χ4v) is 2.20. The van der Waals surface area contributed by atoms with Crippen molar-refractivity contribution in [2.45, 2.75) is 26.7 Å². The van der Waals surface area contributed by atoms with E-state index in [0.717, 1.165) is 22.9 Å². The largest absolute Gasteiger partial charge is 0.395 e. The Morgan fingerprint density at radius 3 is 2.72 bits per heavy atom. The molecule has 0 atom stereocenters. The highest BCUT2D eigenvalue weighted by Gasteiger charge is 2.17. The quantitative estimate of drug-likeness (QED) is 0.877. The lowest BCUT2D eigenvalue weighted by Gasteiger charge is -2.22. The van der Waals surface area contributed by atoms with E-state index in [1.807, 2.05) is 25.1 Å². The standard InChI is InChI=1S/C14H20BrNO2/c1-3-4-8-16(9-10-17)14(18)12-7-5-6-11(2)13(12)15/h5-7,17H,3-4,8-10H2,1-2H3. The van der Waals surface area contributed by atoms with E-state index >= 15 is 0 Å². The van der Waals surface area contributed by atoms with Crippen LogP contribution >= 0.6 is 15.9 Å². The van der Waals surface area contributed by atoms with Gasteiger partial charge in [0, 0.05) is 17.6 Å². The van der Waals surface area contributed by atoms with Crippen LogP contribution in [-0.2, 0) is 0 Å². The van der Waals surface area contributed by atoms with Crippen LogP contribution in [0.15, 0.2) is 22.7 Å². The van der Waals surface area contributed by atoms with E-state index < -0.39 is 0 Å². The molecule has 0 heterocycles. The van der Waals surface area contributed by atoms with Crippen LogP contribution in [0.4, 0.5) is 0 Å². The van der Waals surface area contributed by atoms with Crippen LogP contribution < -0.4 is 0 Å². The van der Waals surface area contributed by atoms with Gasteiger partial charge in [0.2, 0.25) is 0 Å². The smallest absolute Gasteiger partial charge is 0.255 e. The maximum absolute atomic E-state index is 12.4. The Balaban J connectivity index is 2.90. The summed E-state index contributed by atoms with van der Waals surface area (Å²) < 4.78 is 0.842. The number of aryl methyl sites for hydroxylation is 1. The minimum absolute atomic E-state index is 0.00110. The summed E-state index contributed by atoms with van der Waals surface area (Å²) in [4.78, 5) is 14.1. The maximum Gasteiger partial charge on any atom is 0.255 e. The van der Waals surface area contributed by atoms with Crippen molar-refractivity contribution in [2.24, 2.45) is 0 Å². The van der Waals surface area contributed by atoms with Crippen LogP contribution in [0.25, 0.3) is 0 Å². The van der Waals surface area contributed by atoms with Gasteiger partial charge in [0.1, 0.15) is 0 Å². The van der Waals surface area contributed by atoms with E-state index in [0.29, 0.717) is 18.7 Å². The molecule has 100 valence electrons. The third kappa shape index (κ3) is 3.82. The molecule has 1 aromatic rings. The highest BCUT2D eigenvalue weighted by Crippen LogP contribution is 2.22. The molecule has 0 bridgehead atoms. The number of aliphatic hydroxyl groups excluding tert-OH is 1. The number of carbonyl (C=O) groups excluding carboxylic acids is 1. The summed E-state index contributed by atoms with van der Waals surface area (Å²) in [5.74, 6) is -0.0203. The van der Waals surface area contributed by atoms with Gasteiger partial charge in [0.15, 0.2) is 0 Å². The summed E-state index contributed by atoms with van der Waals surface area (Å²) in [5.41, 5.74) is 1.71. The van der Waals surface area contributed by atoms with E-state index in [2.05, 4.69) is 22.9 Å². The molecule has 0 unspecified atom stereocenters. The second-order valence-electron chi connectivity index (χ2n) is 4.31. The first-order valence-electron chi connectivity index (χ1n) is 6.27. The predicted molar refractivity (Wildman–Crippen MR) is 76.8 cm³/mol. The lowest BCUT2D eigenvalue weighted by molar-refractivity contribution is 0.0718. The van der Waals surface area contributed by atoms with Crippen molar-refractivity contribution in [2.75, 3.05) is 19.7 Å². The van der Waals surface area contributed by atoms with Gasteiger partial charge in [-0.2, -0.15) is 0 Å². The average molecular weight is 314 g/mol. The number of hydrogen-bond donors (Lipinski definition) is 1. The van der Waals surface area contributed by atoms with Gasteiger partial charge in [-0.3, -0.25) is 4.79 Å². The molecule has 0 aliphatic rings. The van der Waals surface area contributed by atoms with E-state index in [1.54, 1.807) is 4.90 Å². The molecule has 1 N–H and O–H groups in total. The van der Waals surface area contributed by atoms with Crippen LogP contribution in [0.3, 0.4) is 0 Å². The first-order valence-corrected chi connectivity index (χ1v) is 7.06. The number of aliphatic hydroxyl groups is 1. The molecule has 4 heteroatoms. The van der Waals surface area contributed by atoms with Crippen molar-refractivity contribution in [3.63, 3.8) is 0 Å². The zero-order chi connectivity index (χ0) is 13.5. The Bertz CT molecular complexity index is 407. The van der Waals surface area contributed by atoms with Crippen molar-refractivity contribution >= 4 is 21.8 Å². The zero-order valence-electron chi connectivity index (χ0n) is 10.9. The Kier molecular flexibility index (Phi) is 6.36. The van der Waals surface area contributed by atoms with Gasteiger partial charge >= 0.3 is 0 Å². The molecule has 0 saturated carbocycles. The second-order valence-corrected chi connectivity index (χ2v) is 5.10. The van der Waals surface area contributed by atoms with Crippen molar-refractivity contribution < 1.29 is 9.90 Å². The number of amides is 1. The zero-order valence-corrected chi connectivity index (χ0v) is 12.5. The third-order valence-corrected chi connectivity index (χ3v) is 3.91. The number of rotatable bonds is 6. The topological polar surface area (TPSA) is 40.5 Å². The van der Waals surface area contributed by atoms with E-state index in [9.17, 15) is 4.79 Å². The van der Waals surface area contributed by atoms with Crippen LogP contribution in [0.2, 0.25) is 0 Å². The second kappa shape index (κ2) is 7.54. The molecule has 18 heavy (non-hydrogen) atoms. The summed E-state index contributed by atoms with van der Waals surface area (Å²) in [6.07, 6.45) is 1.99. The molecule has 3 nitrogen and oxygen atoms in total. The first-order chi connectivity index (χ1) is 8.61. The van der Waals surface area contributed by atoms with Crippen molar-refractivity contribution in [1.29, 1.82) is 0 Å². The Hall–Kier alpha value is -0.870. The van der Waals surface area contributed by atoms with E-state index in [1.165, 1.54) is 0 Å². The molecule has 0 radical (unpaired) electrons. The monoisotopic (exact) mass is 313 g/mol. The van der Waals surface area contributed by atoms with E-state index in [-0.39, 0.29) is 12.5 Å². The molecule has 1 rings (SSSR count). The van der Waals surface area contributed by atoms with Gasteiger partial charge in [-0.15, -0.1) is 0 Å². The lowest BCUT2D eigenvalue weighted by atomic mass is 10.1. The Labute approximate surface area is 117 Å². The number of unbranched alkanes of at least 4 members (excludes halogenated alkanes) is 1. The van der Waals surface area contributed by atoms with Crippen LogP contribution in [-0.4, -0.2) is 35.6 Å².